The minimum absolute atomic E-state index is 0.112. The Morgan fingerprint density at radius 3 is 2.51 bits per heavy atom. The van der Waals surface area contributed by atoms with Crippen molar-refractivity contribution in [1.82, 2.24) is 15.3 Å². The number of nitrogens with two attached hydrogens (primary N) is 1. The number of benzene rings is 1. The third kappa shape index (κ3) is 5.62. The number of aromatic nitrogens is 2. The van der Waals surface area contributed by atoms with Gasteiger partial charge in [-0.2, -0.15) is 0 Å². The number of pyridine rings is 2. The Morgan fingerprint density at radius 2 is 1.86 bits per heavy atom. The summed E-state index contributed by atoms with van der Waals surface area (Å²) in [7, 11) is 0. The predicted octanol–water partition coefficient (Wildman–Crippen LogP) is 4.59. The van der Waals surface area contributed by atoms with Crippen molar-refractivity contribution in [3.63, 3.8) is 0 Å². The highest BCUT2D eigenvalue weighted by Crippen LogP contribution is 2.33. The fourth-order valence-electron chi connectivity index (χ4n) is 4.79. The topological polar surface area (TPSA) is 93.4 Å². The molecule has 35 heavy (non-hydrogen) atoms. The van der Waals surface area contributed by atoms with Gasteiger partial charge in [0.1, 0.15) is 5.82 Å². The quantitative estimate of drug-likeness (QED) is 0.521. The van der Waals surface area contributed by atoms with Crippen molar-refractivity contribution in [3.05, 3.63) is 70.7 Å². The van der Waals surface area contributed by atoms with Crippen LogP contribution in [0.2, 0.25) is 0 Å². The van der Waals surface area contributed by atoms with Gasteiger partial charge in [0.25, 0.3) is 5.91 Å². The first kappa shape index (κ1) is 24.7. The van der Waals surface area contributed by atoms with Gasteiger partial charge in [-0.15, -0.1) is 0 Å². The molecule has 0 spiro atoms. The van der Waals surface area contributed by atoms with Crippen LogP contribution < -0.4 is 16.0 Å². The maximum absolute atomic E-state index is 13.5. The summed E-state index contributed by atoms with van der Waals surface area (Å²) in [6.07, 6.45) is 5.54. The Bertz CT molecular complexity index is 1190. The predicted molar refractivity (Wildman–Crippen MR) is 141 cm³/mol. The second-order valence-corrected chi connectivity index (χ2v) is 9.23. The van der Waals surface area contributed by atoms with E-state index in [1.54, 1.807) is 12.3 Å². The lowest BCUT2D eigenvalue weighted by Crippen LogP contribution is -2.40. The molecule has 3 aromatic rings. The van der Waals surface area contributed by atoms with Crippen molar-refractivity contribution < 1.29 is 9.53 Å². The Balaban J connectivity index is 1.71. The molecule has 3 N–H and O–H groups in total. The molecule has 0 radical (unpaired) electrons. The molecular weight excluding hydrogens is 438 g/mol. The molecule has 1 aliphatic rings. The van der Waals surface area contributed by atoms with Crippen molar-refractivity contribution in [1.29, 1.82) is 0 Å². The molecule has 0 atom stereocenters. The summed E-state index contributed by atoms with van der Waals surface area (Å²) in [5.74, 6) is 0.358. The molecule has 3 heterocycles. The largest absolute Gasteiger partial charge is 0.384 e. The van der Waals surface area contributed by atoms with E-state index in [0.29, 0.717) is 24.0 Å². The molecule has 184 valence electrons. The number of hydrogen-bond donors (Lipinski definition) is 2. The second kappa shape index (κ2) is 10.9. The van der Waals surface area contributed by atoms with Crippen LogP contribution in [0.5, 0.6) is 0 Å². The number of amides is 1. The van der Waals surface area contributed by atoms with Crippen LogP contribution in [0.4, 0.5) is 11.5 Å². The molecule has 2 aromatic heterocycles. The van der Waals surface area contributed by atoms with E-state index in [9.17, 15) is 4.79 Å². The number of carbonyl (C=O) groups excluding carboxylic acids is 1. The van der Waals surface area contributed by atoms with Crippen molar-refractivity contribution in [3.8, 4) is 11.1 Å². The van der Waals surface area contributed by atoms with E-state index in [1.165, 1.54) is 0 Å². The Hall–Kier alpha value is -3.45. The second-order valence-electron chi connectivity index (χ2n) is 9.23. The van der Waals surface area contributed by atoms with E-state index in [-0.39, 0.29) is 5.91 Å². The average Bonchev–Trinajstić information content (AvgIpc) is 2.86. The molecule has 1 aliphatic heterocycles. The highest BCUT2D eigenvalue weighted by Gasteiger charge is 2.25. The number of hydrogen-bond acceptors (Lipinski definition) is 6. The van der Waals surface area contributed by atoms with E-state index in [2.05, 4.69) is 39.2 Å². The van der Waals surface area contributed by atoms with Crippen molar-refractivity contribution >= 4 is 17.4 Å². The number of ether oxygens (including phenoxy) is 1. The van der Waals surface area contributed by atoms with Gasteiger partial charge in [0, 0.05) is 55.0 Å². The number of aryl methyl sites for hydroxylation is 2. The van der Waals surface area contributed by atoms with Crippen LogP contribution in [0.1, 0.15) is 52.5 Å². The molecule has 0 saturated carbocycles. The number of anilines is 2. The smallest absolute Gasteiger partial charge is 0.251 e. The molecule has 1 aromatic carbocycles. The van der Waals surface area contributed by atoms with Crippen LogP contribution in [0.3, 0.4) is 0 Å². The molecule has 7 nitrogen and oxygen atoms in total. The number of rotatable bonds is 7. The zero-order chi connectivity index (χ0) is 24.9. The Morgan fingerprint density at radius 1 is 1.09 bits per heavy atom. The Labute approximate surface area is 207 Å². The maximum atomic E-state index is 13.5. The van der Waals surface area contributed by atoms with Crippen molar-refractivity contribution in [2.45, 2.75) is 53.1 Å². The average molecular weight is 474 g/mol. The molecule has 0 unspecified atom stereocenters. The molecule has 1 saturated heterocycles. The van der Waals surface area contributed by atoms with Crippen LogP contribution in [0, 0.1) is 20.8 Å². The lowest BCUT2D eigenvalue weighted by Gasteiger charge is -2.37. The number of carbonyl (C=O) groups is 1. The zero-order valence-electron chi connectivity index (χ0n) is 21.1. The first-order valence-electron chi connectivity index (χ1n) is 12.3. The van der Waals surface area contributed by atoms with Gasteiger partial charge in [-0.3, -0.25) is 9.78 Å². The fourth-order valence-corrected chi connectivity index (χ4v) is 4.79. The highest BCUT2D eigenvalue weighted by molar-refractivity contribution is 5.99. The van der Waals surface area contributed by atoms with E-state index >= 15 is 0 Å². The first-order valence-corrected chi connectivity index (χ1v) is 12.3. The van der Waals surface area contributed by atoms with Crippen LogP contribution in [0.15, 0.2) is 42.7 Å². The van der Waals surface area contributed by atoms with Crippen LogP contribution in [-0.2, 0) is 11.3 Å². The summed E-state index contributed by atoms with van der Waals surface area (Å²) < 4.78 is 5.60. The molecule has 7 heteroatoms. The van der Waals surface area contributed by atoms with Gasteiger partial charge < -0.3 is 20.7 Å². The lowest BCUT2D eigenvalue weighted by molar-refractivity contribution is 0.0846. The normalized spacial score (nSPS) is 14.1. The fraction of sp³-hybridized carbons (Fsp3) is 0.393. The Kier molecular flexibility index (Phi) is 7.66. The zero-order valence-corrected chi connectivity index (χ0v) is 21.1. The molecule has 0 bridgehead atoms. The van der Waals surface area contributed by atoms with Crippen molar-refractivity contribution in [2.24, 2.45) is 0 Å². The van der Waals surface area contributed by atoms with E-state index < -0.39 is 0 Å². The SMILES string of the molecule is CCN(c1cc(-c2ccc(N)nc2)cc(C(=O)NCc2ncc(C)cc2C)c1C)C1CCOCC1. The van der Waals surface area contributed by atoms with Crippen LogP contribution in [-0.4, -0.2) is 41.7 Å². The third-order valence-electron chi connectivity index (χ3n) is 6.77. The third-order valence-corrected chi connectivity index (χ3v) is 6.77. The summed E-state index contributed by atoms with van der Waals surface area (Å²) in [4.78, 5) is 24.7. The van der Waals surface area contributed by atoms with Gasteiger partial charge in [0.15, 0.2) is 0 Å². The number of nitrogens with zero attached hydrogens (tertiary/aromatic N) is 3. The monoisotopic (exact) mass is 473 g/mol. The van der Waals surface area contributed by atoms with Gasteiger partial charge in [-0.1, -0.05) is 6.07 Å². The summed E-state index contributed by atoms with van der Waals surface area (Å²) in [6, 6.07) is 10.3. The summed E-state index contributed by atoms with van der Waals surface area (Å²) >= 11 is 0. The summed E-state index contributed by atoms with van der Waals surface area (Å²) in [5, 5.41) is 3.09. The van der Waals surface area contributed by atoms with Crippen molar-refractivity contribution in [2.75, 3.05) is 30.4 Å². The number of nitrogen functional groups attached to an aromatic ring is 1. The lowest BCUT2D eigenvalue weighted by atomic mass is 9.95. The highest BCUT2D eigenvalue weighted by atomic mass is 16.5. The summed E-state index contributed by atoms with van der Waals surface area (Å²) in [6.45, 7) is 11.0. The molecule has 0 aliphatic carbocycles. The van der Waals surface area contributed by atoms with Gasteiger partial charge in [-0.05, 0) is 87.1 Å². The standard InChI is InChI=1S/C28H35N5O2/c1-5-33(23-8-10-35-11-9-23)26-14-22(21-6-7-27(29)31-16-21)13-24(20(26)4)28(34)32-17-25-19(3)12-18(2)15-30-25/h6-7,12-16,23H,5,8-11,17H2,1-4H3,(H2,29,31)(H,32,34). The molecule has 1 fully saturated rings. The van der Waals surface area contributed by atoms with Gasteiger partial charge in [0.2, 0.25) is 0 Å². The van der Waals surface area contributed by atoms with Crippen LogP contribution in [0.25, 0.3) is 11.1 Å². The molecular formula is C28H35N5O2. The van der Waals surface area contributed by atoms with Gasteiger partial charge >= 0.3 is 0 Å². The summed E-state index contributed by atoms with van der Waals surface area (Å²) in [5.41, 5.74) is 13.4. The van der Waals surface area contributed by atoms with E-state index in [0.717, 1.165) is 71.8 Å². The van der Waals surface area contributed by atoms with Gasteiger partial charge in [0.05, 0.1) is 12.2 Å². The van der Waals surface area contributed by atoms with E-state index in [4.69, 9.17) is 10.5 Å². The number of nitrogens with one attached hydrogen (secondary N) is 1. The molecule has 4 rings (SSSR count). The van der Waals surface area contributed by atoms with Gasteiger partial charge in [-0.25, -0.2) is 4.98 Å². The maximum Gasteiger partial charge on any atom is 0.251 e. The minimum atomic E-state index is -0.112. The van der Waals surface area contributed by atoms with Crippen LogP contribution >= 0.6 is 0 Å². The minimum Gasteiger partial charge on any atom is -0.384 e. The first-order chi connectivity index (χ1) is 16.9. The van der Waals surface area contributed by atoms with E-state index in [1.807, 2.05) is 39.1 Å². The molecule has 1 amide bonds.